The molecule has 4 heteroatoms. The maximum Gasteiger partial charge on any atom is 0.224 e. The van der Waals surface area contributed by atoms with Crippen LogP contribution in [0.25, 0.3) is 0 Å². The fraction of sp³-hybridized carbons (Fsp3) is 0.923. The molecular weight excluding hydrogens is 214 g/mol. The summed E-state index contributed by atoms with van der Waals surface area (Å²) in [4.78, 5) is 13.8. The van der Waals surface area contributed by atoms with Crippen molar-refractivity contribution in [2.24, 2.45) is 0 Å². The van der Waals surface area contributed by atoms with Gasteiger partial charge in [0, 0.05) is 44.7 Å². The molecule has 0 saturated carbocycles. The van der Waals surface area contributed by atoms with E-state index in [1.165, 1.54) is 0 Å². The fourth-order valence-electron chi connectivity index (χ4n) is 2.35. The number of nitrogens with one attached hydrogen (secondary N) is 1. The number of rotatable bonds is 6. The number of piperidine rings is 1. The van der Waals surface area contributed by atoms with Gasteiger partial charge in [-0.2, -0.15) is 0 Å². The maximum atomic E-state index is 11.9. The van der Waals surface area contributed by atoms with Crippen molar-refractivity contribution in [3.63, 3.8) is 0 Å². The van der Waals surface area contributed by atoms with E-state index in [4.69, 9.17) is 0 Å². The van der Waals surface area contributed by atoms with Gasteiger partial charge in [-0.05, 0) is 33.6 Å². The first-order valence-corrected chi connectivity index (χ1v) is 6.84. The lowest BCUT2D eigenvalue weighted by atomic mass is 10.0. The monoisotopic (exact) mass is 240 g/mol. The summed E-state index contributed by atoms with van der Waals surface area (Å²) in [5, 5.41) is 7.88. The molecular formula is C13H26N3O. The highest BCUT2D eigenvalue weighted by Gasteiger charge is 2.18. The number of carbonyl (C=O) groups is 1. The molecule has 99 valence electrons. The zero-order valence-corrected chi connectivity index (χ0v) is 11.4. The molecule has 1 radical (unpaired) electrons. The van der Waals surface area contributed by atoms with Gasteiger partial charge in [-0.15, -0.1) is 0 Å². The first-order chi connectivity index (χ1) is 8.17. The molecule has 1 N–H and O–H groups in total. The first kappa shape index (κ1) is 14.5. The molecule has 1 aliphatic rings. The minimum atomic E-state index is 0.260. The molecule has 0 aromatic carbocycles. The second kappa shape index (κ2) is 7.67. The summed E-state index contributed by atoms with van der Waals surface area (Å²) in [7, 11) is 0. The fourth-order valence-corrected chi connectivity index (χ4v) is 2.35. The van der Waals surface area contributed by atoms with Gasteiger partial charge in [-0.3, -0.25) is 4.79 Å². The van der Waals surface area contributed by atoms with E-state index in [0.29, 0.717) is 12.5 Å². The lowest BCUT2D eigenvalue weighted by molar-refractivity contribution is -0.131. The molecule has 1 saturated heterocycles. The third-order valence-corrected chi connectivity index (χ3v) is 3.39. The largest absolute Gasteiger partial charge is 0.343 e. The van der Waals surface area contributed by atoms with Crippen molar-refractivity contribution in [2.45, 2.75) is 52.1 Å². The van der Waals surface area contributed by atoms with E-state index < -0.39 is 0 Å². The molecule has 0 aromatic rings. The molecule has 0 bridgehead atoms. The van der Waals surface area contributed by atoms with Crippen LogP contribution in [0.5, 0.6) is 0 Å². The average molecular weight is 240 g/mol. The predicted molar refractivity (Wildman–Crippen MR) is 70.0 cm³/mol. The van der Waals surface area contributed by atoms with Gasteiger partial charge < -0.3 is 10.2 Å². The van der Waals surface area contributed by atoms with Crippen molar-refractivity contribution in [3.8, 4) is 0 Å². The quantitative estimate of drug-likeness (QED) is 0.752. The maximum absolute atomic E-state index is 11.9. The number of amides is 1. The molecule has 1 rings (SSSR count). The summed E-state index contributed by atoms with van der Waals surface area (Å²) in [6.07, 6.45) is 2.84. The van der Waals surface area contributed by atoms with Gasteiger partial charge in [0.15, 0.2) is 0 Å². The minimum Gasteiger partial charge on any atom is -0.343 e. The highest BCUT2D eigenvalue weighted by Crippen LogP contribution is 2.06. The van der Waals surface area contributed by atoms with Crippen LogP contribution in [0.4, 0.5) is 0 Å². The third-order valence-electron chi connectivity index (χ3n) is 3.39. The Labute approximate surface area is 105 Å². The summed E-state index contributed by atoms with van der Waals surface area (Å²) in [6.45, 7) is 9.72. The van der Waals surface area contributed by atoms with Crippen molar-refractivity contribution in [2.75, 3.05) is 26.2 Å². The molecule has 1 heterocycles. The van der Waals surface area contributed by atoms with Crippen LogP contribution in [0.1, 0.15) is 40.0 Å². The Balaban J connectivity index is 2.27. The Morgan fingerprint density at radius 1 is 1.35 bits per heavy atom. The van der Waals surface area contributed by atoms with Crippen LogP contribution in [-0.2, 0) is 4.79 Å². The molecule has 0 aliphatic carbocycles. The lowest BCUT2D eigenvalue weighted by Crippen LogP contribution is -2.44. The highest BCUT2D eigenvalue weighted by atomic mass is 16.2. The second-order valence-corrected chi connectivity index (χ2v) is 4.78. The summed E-state index contributed by atoms with van der Waals surface area (Å²) in [5.74, 6) is 0.260. The van der Waals surface area contributed by atoms with E-state index in [2.05, 4.69) is 17.6 Å². The van der Waals surface area contributed by atoms with Gasteiger partial charge in [-0.25, -0.2) is 5.32 Å². The smallest absolute Gasteiger partial charge is 0.224 e. The number of nitrogens with zero attached hydrogens (tertiary/aromatic N) is 2. The minimum absolute atomic E-state index is 0.260. The predicted octanol–water partition coefficient (Wildman–Crippen LogP) is 0.990. The molecule has 1 amide bonds. The summed E-state index contributed by atoms with van der Waals surface area (Å²) in [5.41, 5.74) is 0. The van der Waals surface area contributed by atoms with Crippen molar-refractivity contribution in [1.82, 2.24) is 15.5 Å². The number of hydrogen-bond acceptors (Lipinski definition) is 2. The van der Waals surface area contributed by atoms with Gasteiger partial charge in [-0.1, -0.05) is 0 Å². The number of carbonyl (C=O) groups excluding carboxylic acids is 1. The van der Waals surface area contributed by atoms with E-state index in [9.17, 15) is 4.79 Å². The van der Waals surface area contributed by atoms with Crippen LogP contribution in [0, 0.1) is 0 Å². The Kier molecular flexibility index (Phi) is 6.52. The van der Waals surface area contributed by atoms with Crippen LogP contribution < -0.4 is 10.6 Å². The average Bonchev–Trinajstić information content (AvgIpc) is 2.31. The van der Waals surface area contributed by atoms with Gasteiger partial charge in [0.2, 0.25) is 5.91 Å². The van der Waals surface area contributed by atoms with Crippen LogP contribution >= 0.6 is 0 Å². The lowest BCUT2D eigenvalue weighted by Gasteiger charge is -2.27. The summed E-state index contributed by atoms with van der Waals surface area (Å²) < 4.78 is 0. The van der Waals surface area contributed by atoms with E-state index >= 15 is 0 Å². The number of hydrogen-bond donors (Lipinski definition) is 1. The molecule has 17 heavy (non-hydrogen) atoms. The zero-order valence-electron chi connectivity index (χ0n) is 11.4. The van der Waals surface area contributed by atoms with E-state index in [1.54, 1.807) is 0 Å². The summed E-state index contributed by atoms with van der Waals surface area (Å²) >= 11 is 0. The normalized spacial score (nSPS) is 19.0. The molecule has 1 aliphatic heterocycles. The van der Waals surface area contributed by atoms with Crippen LogP contribution in [0.2, 0.25) is 0 Å². The highest BCUT2D eigenvalue weighted by molar-refractivity contribution is 5.76. The molecule has 0 spiro atoms. The Morgan fingerprint density at radius 2 is 1.94 bits per heavy atom. The SMILES string of the molecule is CCN(CC)C(=O)CC(C)NC1CC[N]CC1. The van der Waals surface area contributed by atoms with Gasteiger partial charge in [0.05, 0.1) is 0 Å². The molecule has 1 atom stereocenters. The van der Waals surface area contributed by atoms with Crippen molar-refractivity contribution in [3.05, 3.63) is 0 Å². The molecule has 0 aromatic heterocycles. The van der Waals surface area contributed by atoms with Crippen molar-refractivity contribution < 1.29 is 4.79 Å². The van der Waals surface area contributed by atoms with E-state index in [1.807, 2.05) is 18.7 Å². The Bertz CT molecular complexity index is 223. The standard InChI is InChI=1S/C13H26N3O/c1-4-16(5-2)13(17)10-11(3)15-12-6-8-14-9-7-12/h11-12,15H,4-10H2,1-3H3. The van der Waals surface area contributed by atoms with Crippen LogP contribution in [0.15, 0.2) is 0 Å². The topological polar surface area (TPSA) is 46.4 Å². The Morgan fingerprint density at radius 3 is 2.47 bits per heavy atom. The van der Waals surface area contributed by atoms with E-state index in [-0.39, 0.29) is 11.9 Å². The van der Waals surface area contributed by atoms with Gasteiger partial charge in [0.25, 0.3) is 0 Å². The first-order valence-electron chi connectivity index (χ1n) is 6.84. The Hall–Kier alpha value is -0.610. The zero-order chi connectivity index (χ0) is 12.7. The molecule has 1 unspecified atom stereocenters. The third kappa shape index (κ3) is 5.04. The van der Waals surface area contributed by atoms with Gasteiger partial charge >= 0.3 is 0 Å². The van der Waals surface area contributed by atoms with Crippen LogP contribution in [-0.4, -0.2) is 49.1 Å². The molecule has 4 nitrogen and oxygen atoms in total. The second-order valence-electron chi connectivity index (χ2n) is 4.78. The van der Waals surface area contributed by atoms with Crippen LogP contribution in [0.3, 0.4) is 0 Å². The van der Waals surface area contributed by atoms with Gasteiger partial charge in [0.1, 0.15) is 0 Å². The summed E-state index contributed by atoms with van der Waals surface area (Å²) in [6, 6.07) is 0.818. The van der Waals surface area contributed by atoms with Crippen molar-refractivity contribution in [1.29, 1.82) is 0 Å². The molecule has 1 fully saturated rings. The van der Waals surface area contributed by atoms with Crippen molar-refractivity contribution >= 4 is 5.91 Å². The van der Waals surface area contributed by atoms with E-state index in [0.717, 1.165) is 39.0 Å².